The quantitative estimate of drug-likeness (QED) is 0.369. The molecular weight excluding hydrogens is 448 g/mol. The molecule has 0 saturated carbocycles. The van der Waals surface area contributed by atoms with Crippen LogP contribution in [-0.2, 0) is 11.2 Å². The predicted molar refractivity (Wildman–Crippen MR) is 133 cm³/mol. The average molecular weight is 473 g/mol. The molecule has 1 heterocycles. The molecule has 34 heavy (non-hydrogen) atoms. The standard InChI is InChI=1S/C27H25ClN4O2/c28-24-10-5-4-9-23(24)27(34)31-25(21-7-2-1-3-8-21)19-26(33)29-17-15-20-11-13-22(14-12-20)32-18-6-16-30-32/h1-14,16,18,25H,15,17,19H2,(H,29,33)(H,31,34). The van der Waals surface area contributed by atoms with Crippen molar-refractivity contribution >= 4 is 23.4 Å². The van der Waals surface area contributed by atoms with Crippen molar-refractivity contribution in [3.8, 4) is 5.69 Å². The van der Waals surface area contributed by atoms with Gasteiger partial charge in [0.25, 0.3) is 5.91 Å². The first-order valence-electron chi connectivity index (χ1n) is 11.1. The molecular formula is C27H25ClN4O2. The highest BCUT2D eigenvalue weighted by Crippen LogP contribution is 2.20. The third kappa shape index (κ3) is 6.11. The van der Waals surface area contributed by atoms with Crippen molar-refractivity contribution in [1.82, 2.24) is 20.4 Å². The Labute approximate surface area is 203 Å². The molecule has 0 aliphatic heterocycles. The van der Waals surface area contributed by atoms with E-state index in [1.54, 1.807) is 35.1 Å². The smallest absolute Gasteiger partial charge is 0.253 e. The monoisotopic (exact) mass is 472 g/mol. The lowest BCUT2D eigenvalue weighted by Gasteiger charge is -2.19. The van der Waals surface area contributed by atoms with Gasteiger partial charge in [0, 0.05) is 18.9 Å². The molecule has 0 bridgehead atoms. The number of halogens is 1. The zero-order valence-corrected chi connectivity index (χ0v) is 19.3. The van der Waals surface area contributed by atoms with Crippen LogP contribution in [0.4, 0.5) is 0 Å². The fourth-order valence-corrected chi connectivity index (χ4v) is 3.88. The van der Waals surface area contributed by atoms with Gasteiger partial charge in [0.2, 0.25) is 5.91 Å². The molecule has 0 fully saturated rings. The first-order chi connectivity index (χ1) is 16.6. The number of nitrogens with one attached hydrogen (secondary N) is 2. The highest BCUT2D eigenvalue weighted by Gasteiger charge is 2.20. The van der Waals surface area contributed by atoms with Crippen LogP contribution in [0.5, 0.6) is 0 Å². The molecule has 6 nitrogen and oxygen atoms in total. The van der Waals surface area contributed by atoms with E-state index >= 15 is 0 Å². The van der Waals surface area contributed by atoms with Gasteiger partial charge in [-0.15, -0.1) is 0 Å². The van der Waals surface area contributed by atoms with Gasteiger partial charge < -0.3 is 10.6 Å². The minimum absolute atomic E-state index is 0.123. The van der Waals surface area contributed by atoms with Crippen molar-refractivity contribution in [2.24, 2.45) is 0 Å². The third-order valence-electron chi connectivity index (χ3n) is 5.46. The second-order valence-electron chi connectivity index (χ2n) is 7.84. The zero-order valence-electron chi connectivity index (χ0n) is 18.5. The molecule has 2 amide bonds. The number of benzene rings is 3. The molecule has 0 aliphatic rings. The van der Waals surface area contributed by atoms with Gasteiger partial charge in [0.05, 0.1) is 28.7 Å². The van der Waals surface area contributed by atoms with Gasteiger partial charge >= 0.3 is 0 Å². The summed E-state index contributed by atoms with van der Waals surface area (Å²) in [5, 5.41) is 10.5. The second kappa shape index (κ2) is 11.3. The van der Waals surface area contributed by atoms with Gasteiger partial charge in [0.15, 0.2) is 0 Å². The van der Waals surface area contributed by atoms with Crippen LogP contribution >= 0.6 is 11.6 Å². The summed E-state index contributed by atoms with van der Waals surface area (Å²) in [6.45, 7) is 0.500. The third-order valence-corrected chi connectivity index (χ3v) is 5.79. The average Bonchev–Trinajstić information content (AvgIpc) is 3.40. The Morgan fingerprint density at radius 1 is 0.912 bits per heavy atom. The zero-order chi connectivity index (χ0) is 23.8. The lowest BCUT2D eigenvalue weighted by atomic mass is 10.0. The molecule has 0 aliphatic carbocycles. The van der Waals surface area contributed by atoms with E-state index in [1.165, 1.54) is 0 Å². The molecule has 172 valence electrons. The summed E-state index contributed by atoms with van der Waals surface area (Å²) in [6, 6.07) is 25.8. The van der Waals surface area contributed by atoms with Crippen LogP contribution in [0.15, 0.2) is 97.3 Å². The van der Waals surface area contributed by atoms with Crippen molar-refractivity contribution in [3.05, 3.63) is 119 Å². The summed E-state index contributed by atoms with van der Waals surface area (Å²) >= 11 is 6.17. The van der Waals surface area contributed by atoms with Crippen molar-refractivity contribution in [1.29, 1.82) is 0 Å². The summed E-state index contributed by atoms with van der Waals surface area (Å²) < 4.78 is 1.80. The molecule has 2 N–H and O–H groups in total. The lowest BCUT2D eigenvalue weighted by Crippen LogP contribution is -2.34. The molecule has 0 radical (unpaired) electrons. The van der Waals surface area contributed by atoms with Gasteiger partial charge in [-0.3, -0.25) is 9.59 Å². The summed E-state index contributed by atoms with van der Waals surface area (Å²) in [5.41, 5.74) is 3.33. The minimum atomic E-state index is -0.474. The summed E-state index contributed by atoms with van der Waals surface area (Å²) in [4.78, 5) is 25.5. The number of hydrogen-bond acceptors (Lipinski definition) is 3. The maximum atomic E-state index is 12.8. The van der Waals surface area contributed by atoms with Crippen molar-refractivity contribution in [2.45, 2.75) is 18.9 Å². The predicted octanol–water partition coefficient (Wildman–Crippen LogP) is 4.75. The largest absolute Gasteiger partial charge is 0.356 e. The van der Waals surface area contributed by atoms with Gasteiger partial charge in [-0.05, 0) is 47.9 Å². The van der Waals surface area contributed by atoms with E-state index < -0.39 is 6.04 Å². The number of rotatable bonds is 9. The van der Waals surface area contributed by atoms with Crippen molar-refractivity contribution < 1.29 is 9.59 Å². The minimum Gasteiger partial charge on any atom is -0.356 e. The van der Waals surface area contributed by atoms with Gasteiger partial charge in [0.1, 0.15) is 0 Å². The van der Waals surface area contributed by atoms with E-state index in [2.05, 4.69) is 15.7 Å². The van der Waals surface area contributed by atoms with Gasteiger partial charge in [-0.25, -0.2) is 4.68 Å². The van der Waals surface area contributed by atoms with Crippen LogP contribution < -0.4 is 10.6 Å². The van der Waals surface area contributed by atoms with E-state index in [1.807, 2.05) is 66.9 Å². The first-order valence-corrected chi connectivity index (χ1v) is 11.4. The van der Waals surface area contributed by atoms with Crippen LogP contribution in [0.25, 0.3) is 5.69 Å². The molecule has 0 saturated heterocycles. The first kappa shape index (κ1) is 23.3. The number of amides is 2. The fourth-order valence-electron chi connectivity index (χ4n) is 3.66. The Balaban J connectivity index is 1.34. The van der Waals surface area contributed by atoms with E-state index in [0.717, 1.165) is 16.8 Å². The van der Waals surface area contributed by atoms with E-state index in [9.17, 15) is 9.59 Å². The molecule has 4 aromatic rings. The number of aromatic nitrogens is 2. The van der Waals surface area contributed by atoms with Crippen LogP contribution in [0.2, 0.25) is 5.02 Å². The van der Waals surface area contributed by atoms with Crippen LogP contribution in [-0.4, -0.2) is 28.1 Å². The Bertz CT molecular complexity index is 1230. The highest BCUT2D eigenvalue weighted by molar-refractivity contribution is 6.33. The van der Waals surface area contributed by atoms with E-state index in [0.29, 0.717) is 23.6 Å². The van der Waals surface area contributed by atoms with Crippen molar-refractivity contribution in [3.63, 3.8) is 0 Å². The summed E-state index contributed by atoms with van der Waals surface area (Å²) in [7, 11) is 0. The Morgan fingerprint density at radius 2 is 1.65 bits per heavy atom. The fraction of sp³-hybridized carbons (Fsp3) is 0.148. The topological polar surface area (TPSA) is 76.0 Å². The number of carbonyl (C=O) groups is 2. The molecule has 4 rings (SSSR count). The second-order valence-corrected chi connectivity index (χ2v) is 8.24. The Morgan fingerprint density at radius 3 is 2.35 bits per heavy atom. The van der Waals surface area contributed by atoms with Crippen LogP contribution in [0.3, 0.4) is 0 Å². The van der Waals surface area contributed by atoms with Crippen LogP contribution in [0, 0.1) is 0 Å². The van der Waals surface area contributed by atoms with E-state index in [-0.39, 0.29) is 18.2 Å². The molecule has 1 atom stereocenters. The maximum Gasteiger partial charge on any atom is 0.253 e. The molecule has 7 heteroatoms. The van der Waals surface area contributed by atoms with Crippen molar-refractivity contribution in [2.75, 3.05) is 6.54 Å². The number of hydrogen-bond donors (Lipinski definition) is 2. The highest BCUT2D eigenvalue weighted by atomic mass is 35.5. The normalized spacial score (nSPS) is 11.6. The van der Waals surface area contributed by atoms with Gasteiger partial charge in [-0.1, -0.05) is 66.2 Å². The van der Waals surface area contributed by atoms with Crippen LogP contribution in [0.1, 0.15) is 33.9 Å². The SMILES string of the molecule is O=C(CC(NC(=O)c1ccccc1Cl)c1ccccc1)NCCc1ccc(-n2cccn2)cc1. The maximum absolute atomic E-state index is 12.8. The number of nitrogens with zero attached hydrogens (tertiary/aromatic N) is 2. The molecule has 1 aromatic heterocycles. The lowest BCUT2D eigenvalue weighted by molar-refractivity contribution is -0.121. The molecule has 3 aromatic carbocycles. The van der Waals surface area contributed by atoms with E-state index in [4.69, 9.17) is 11.6 Å². The molecule has 1 unspecified atom stereocenters. The Kier molecular flexibility index (Phi) is 7.73. The van der Waals surface area contributed by atoms with Gasteiger partial charge in [-0.2, -0.15) is 5.10 Å². The molecule has 0 spiro atoms. The number of carbonyl (C=O) groups excluding carboxylic acids is 2. The summed E-state index contributed by atoms with van der Waals surface area (Å²) in [6.07, 6.45) is 4.46. The summed E-state index contributed by atoms with van der Waals surface area (Å²) in [5.74, 6) is -0.453. The Hall–Kier alpha value is -3.90.